The molecule has 1 aromatic rings. The van der Waals surface area contributed by atoms with E-state index in [4.69, 9.17) is 9.47 Å². The van der Waals surface area contributed by atoms with Gasteiger partial charge < -0.3 is 19.7 Å². The molecule has 25 heavy (non-hydrogen) atoms. The van der Waals surface area contributed by atoms with Crippen molar-refractivity contribution in [2.24, 2.45) is 5.92 Å². The molecule has 10 heteroatoms. The van der Waals surface area contributed by atoms with Crippen LogP contribution in [0.25, 0.3) is 0 Å². The Morgan fingerprint density at radius 3 is 2.12 bits per heavy atom. The smallest absolute Gasteiger partial charge is 0.365 e. The van der Waals surface area contributed by atoms with Crippen LogP contribution in [0.1, 0.15) is 16.8 Å². The minimum Gasteiger partial charge on any atom is -0.365 e. The van der Waals surface area contributed by atoms with E-state index in [2.05, 4.69) is 0 Å². The van der Waals surface area contributed by atoms with Gasteiger partial charge in [0.05, 0.1) is 12.3 Å². The van der Waals surface area contributed by atoms with Crippen LogP contribution in [0, 0.1) is 5.92 Å². The third kappa shape index (κ3) is 4.38. The molecule has 3 N–H and O–H groups in total. The molecule has 1 aromatic carbocycles. The number of hydrogen-bond acceptors (Lipinski definition) is 7. The van der Waals surface area contributed by atoms with Crippen LogP contribution >= 0.6 is 0 Å². The minimum absolute atomic E-state index is 0. The average molecular weight is 381 g/mol. The number of ketones is 1. The number of Topliss-reactive ketones (excluding diaryl/α,β-unsaturated/α-hetero) is 1. The molecule has 0 aromatic heterocycles. The maximum absolute atomic E-state index is 12.6. The van der Waals surface area contributed by atoms with Crippen molar-refractivity contribution >= 4 is 15.9 Å². The molecule has 1 unspecified atom stereocenters. The summed E-state index contributed by atoms with van der Waals surface area (Å²) >= 11 is 0. The Bertz CT molecular complexity index is 753. The number of rotatable bonds is 5. The van der Waals surface area contributed by atoms with E-state index < -0.39 is 44.7 Å². The summed E-state index contributed by atoms with van der Waals surface area (Å²) in [5.74, 6) is -7.12. The fraction of sp³-hybridized carbons (Fsp3) is 0.400. The Balaban J connectivity index is 0.00000312. The zero-order valence-corrected chi connectivity index (χ0v) is 16.9. The van der Waals surface area contributed by atoms with Crippen LogP contribution in [-0.4, -0.2) is 54.8 Å². The van der Waals surface area contributed by atoms with Gasteiger partial charge in [0.2, 0.25) is 5.79 Å². The summed E-state index contributed by atoms with van der Waals surface area (Å²) in [4.78, 5) is 11.8. The number of carbonyl (C=O) groups excluding carboxylic acids is 1. The molecular formula is C15H18NaO8S+. The van der Waals surface area contributed by atoms with Crippen LogP contribution in [-0.2, 0) is 19.6 Å². The van der Waals surface area contributed by atoms with Gasteiger partial charge in [-0.3, -0.25) is 9.35 Å². The van der Waals surface area contributed by atoms with E-state index in [9.17, 15) is 28.0 Å². The Hall–Kier alpha value is -0.620. The third-order valence-electron chi connectivity index (χ3n) is 3.96. The van der Waals surface area contributed by atoms with E-state index in [-0.39, 0.29) is 35.1 Å². The predicted molar refractivity (Wildman–Crippen MR) is 82.4 cm³/mol. The summed E-state index contributed by atoms with van der Waals surface area (Å²) in [5, 5.41) is 20.6. The van der Waals surface area contributed by atoms with Gasteiger partial charge >= 0.3 is 29.6 Å². The Morgan fingerprint density at radius 1 is 1.16 bits per heavy atom. The first kappa shape index (κ1) is 22.4. The molecule has 0 spiro atoms. The first-order chi connectivity index (χ1) is 11.1. The fourth-order valence-corrected chi connectivity index (χ4v) is 3.67. The van der Waals surface area contributed by atoms with Crippen molar-refractivity contribution in [1.82, 2.24) is 0 Å². The Morgan fingerprint density at radius 2 is 1.68 bits per heavy atom. The van der Waals surface area contributed by atoms with Gasteiger partial charge in [0.25, 0.3) is 10.1 Å². The number of benzene rings is 1. The monoisotopic (exact) mass is 381 g/mol. The van der Waals surface area contributed by atoms with Crippen molar-refractivity contribution in [3.05, 3.63) is 46.9 Å². The van der Waals surface area contributed by atoms with Gasteiger partial charge in [-0.05, 0) is 6.08 Å². The second kappa shape index (κ2) is 7.95. The van der Waals surface area contributed by atoms with Crippen molar-refractivity contribution in [3.63, 3.8) is 0 Å². The van der Waals surface area contributed by atoms with Gasteiger partial charge in [-0.1, -0.05) is 30.3 Å². The molecule has 0 amide bonds. The summed E-state index contributed by atoms with van der Waals surface area (Å²) in [5.41, 5.74) is 0.156. The van der Waals surface area contributed by atoms with Crippen molar-refractivity contribution in [1.29, 1.82) is 0 Å². The molecule has 0 saturated heterocycles. The number of hydrogen-bond donors (Lipinski definition) is 3. The second-order valence-electron chi connectivity index (χ2n) is 5.43. The molecule has 1 atom stereocenters. The van der Waals surface area contributed by atoms with Gasteiger partial charge in [-0.25, -0.2) is 0 Å². The Labute approximate surface area is 167 Å². The summed E-state index contributed by atoms with van der Waals surface area (Å²) in [6, 6.07) is 7.73. The van der Waals surface area contributed by atoms with Gasteiger partial charge in [-0.15, -0.1) is 0 Å². The summed E-state index contributed by atoms with van der Waals surface area (Å²) < 4.78 is 42.8. The third-order valence-corrected chi connectivity index (χ3v) is 4.97. The Kier molecular flexibility index (Phi) is 7.13. The molecule has 0 bridgehead atoms. The van der Waals surface area contributed by atoms with Gasteiger partial charge in [0.15, 0.2) is 11.6 Å². The van der Waals surface area contributed by atoms with Crippen LogP contribution in [0.4, 0.5) is 0 Å². The standard InChI is InChI=1S/C15H18O8S.Na/c1-22-15(23-2)9-14(17,18)11(8-12(15)24(19,20)21)13(16)10-6-4-3-5-7-10;/h3-8,11,17-18H,9H2,1-2H3,(H,19,20,21);/q;+1. The average Bonchev–Trinajstić information content (AvgIpc) is 2.52. The topological polar surface area (TPSA) is 130 Å². The van der Waals surface area contributed by atoms with Crippen LogP contribution in [0.3, 0.4) is 0 Å². The molecule has 0 aliphatic heterocycles. The number of ether oxygens (including phenoxy) is 2. The quantitative estimate of drug-likeness (QED) is 0.218. The first-order valence-corrected chi connectivity index (χ1v) is 8.35. The molecule has 2 rings (SSSR count). The van der Waals surface area contributed by atoms with Gasteiger partial charge in [0, 0.05) is 19.8 Å². The van der Waals surface area contributed by atoms with E-state index in [0.29, 0.717) is 0 Å². The summed E-state index contributed by atoms with van der Waals surface area (Å²) in [6.45, 7) is 0. The largest absolute Gasteiger partial charge is 1.00 e. The molecule has 0 heterocycles. The fourth-order valence-electron chi connectivity index (χ4n) is 2.73. The van der Waals surface area contributed by atoms with Crippen molar-refractivity contribution in [2.45, 2.75) is 18.0 Å². The van der Waals surface area contributed by atoms with E-state index in [1.165, 1.54) is 12.1 Å². The van der Waals surface area contributed by atoms with Crippen LogP contribution in [0.15, 0.2) is 41.3 Å². The molecule has 1 aliphatic carbocycles. The van der Waals surface area contributed by atoms with Crippen molar-refractivity contribution < 1.29 is 67.0 Å². The molecule has 0 radical (unpaired) electrons. The molecule has 8 nitrogen and oxygen atoms in total. The van der Waals surface area contributed by atoms with Crippen LogP contribution < -0.4 is 29.6 Å². The normalized spacial score (nSPS) is 21.8. The zero-order chi connectivity index (χ0) is 18.2. The van der Waals surface area contributed by atoms with Crippen molar-refractivity contribution in [2.75, 3.05) is 14.2 Å². The number of carbonyl (C=O) groups is 1. The molecule has 0 saturated carbocycles. The molecule has 1 aliphatic rings. The maximum Gasteiger partial charge on any atom is 1.00 e. The summed E-state index contributed by atoms with van der Waals surface area (Å²) in [6.07, 6.45) is -0.0387. The van der Waals surface area contributed by atoms with Crippen LogP contribution in [0.5, 0.6) is 0 Å². The van der Waals surface area contributed by atoms with Gasteiger partial charge in [0.1, 0.15) is 4.91 Å². The van der Waals surface area contributed by atoms with E-state index in [1.807, 2.05) is 0 Å². The predicted octanol–water partition coefficient (Wildman–Crippen LogP) is -2.67. The maximum atomic E-state index is 12.6. The van der Waals surface area contributed by atoms with E-state index >= 15 is 0 Å². The van der Waals surface area contributed by atoms with Crippen molar-refractivity contribution in [3.8, 4) is 0 Å². The minimum atomic E-state index is -4.82. The first-order valence-electron chi connectivity index (χ1n) is 6.91. The zero-order valence-electron chi connectivity index (χ0n) is 14.0. The molecular weight excluding hydrogens is 363 g/mol. The SMILES string of the molecule is COC1(OC)CC(O)(O)C(C(=O)c2ccccc2)C=C1S(=O)(=O)O.[Na+]. The van der Waals surface area contributed by atoms with Crippen LogP contribution in [0.2, 0.25) is 0 Å². The molecule has 0 fully saturated rings. The van der Waals surface area contributed by atoms with E-state index in [0.717, 1.165) is 20.3 Å². The number of methoxy groups -OCH3 is 2. The second-order valence-corrected chi connectivity index (χ2v) is 6.82. The number of aliphatic hydroxyl groups is 2. The summed E-state index contributed by atoms with van der Waals surface area (Å²) in [7, 11) is -2.66. The van der Waals surface area contributed by atoms with E-state index in [1.54, 1.807) is 18.2 Å². The van der Waals surface area contributed by atoms with Gasteiger partial charge in [-0.2, -0.15) is 8.42 Å². The molecule has 132 valence electrons.